The molecule has 0 heterocycles. The number of aliphatic carboxylic acids is 1. The maximum atomic E-state index is 11.7. The Kier molecular flexibility index (Phi) is 13.7. The van der Waals surface area contributed by atoms with Gasteiger partial charge in [-0.1, -0.05) is 57.6 Å². The summed E-state index contributed by atoms with van der Waals surface area (Å²) in [7, 11) is 0. The lowest BCUT2D eigenvalue weighted by atomic mass is 9.93. The number of Topliss-reactive ketones (excluding diaryl/α,β-unsaturated/α-hetero) is 1. The van der Waals surface area contributed by atoms with Crippen LogP contribution in [0.2, 0.25) is 0 Å². The molecule has 0 spiro atoms. The maximum absolute atomic E-state index is 11.7. The van der Waals surface area contributed by atoms with Crippen molar-refractivity contribution >= 4 is 11.8 Å². The molecule has 4 heteroatoms. The van der Waals surface area contributed by atoms with Crippen LogP contribution in [0.4, 0.5) is 0 Å². The lowest BCUT2D eigenvalue weighted by Gasteiger charge is -2.11. The number of unbranched alkanes of at least 4 members (excludes halogenated alkanes) is 5. The normalized spacial score (nSPS) is 14.0. The van der Waals surface area contributed by atoms with Crippen LogP contribution in [-0.4, -0.2) is 28.1 Å². The van der Waals surface area contributed by atoms with Gasteiger partial charge in [-0.2, -0.15) is 0 Å². The Morgan fingerprint density at radius 2 is 1.65 bits per heavy atom. The number of aliphatic hydroxyl groups is 1. The van der Waals surface area contributed by atoms with Crippen molar-refractivity contribution in [3.8, 4) is 0 Å². The third-order valence-corrected chi connectivity index (χ3v) is 4.15. The summed E-state index contributed by atoms with van der Waals surface area (Å²) in [6, 6.07) is 0. The van der Waals surface area contributed by atoms with E-state index in [-0.39, 0.29) is 18.1 Å². The van der Waals surface area contributed by atoms with Gasteiger partial charge in [-0.05, 0) is 32.6 Å². The van der Waals surface area contributed by atoms with Gasteiger partial charge < -0.3 is 10.2 Å². The van der Waals surface area contributed by atoms with Gasteiger partial charge in [-0.15, -0.1) is 0 Å². The lowest BCUT2D eigenvalue weighted by Crippen LogP contribution is -2.10. The number of aliphatic hydroxyl groups excluding tert-OH is 1. The highest BCUT2D eigenvalue weighted by Crippen LogP contribution is 2.17. The van der Waals surface area contributed by atoms with E-state index in [1.807, 2.05) is 12.2 Å². The summed E-state index contributed by atoms with van der Waals surface area (Å²) in [5.74, 6) is -0.525. The highest BCUT2D eigenvalue weighted by molar-refractivity contribution is 5.78. The van der Waals surface area contributed by atoms with Gasteiger partial charge in [0.05, 0.1) is 6.10 Å². The van der Waals surface area contributed by atoms with E-state index < -0.39 is 12.1 Å². The lowest BCUT2D eigenvalue weighted by molar-refractivity contribution is -0.137. The van der Waals surface area contributed by atoms with Crippen LogP contribution in [0.15, 0.2) is 12.2 Å². The number of hydrogen-bond donors (Lipinski definition) is 2. The Morgan fingerprint density at radius 3 is 2.26 bits per heavy atom. The topological polar surface area (TPSA) is 74.6 Å². The second-order valence-corrected chi connectivity index (χ2v) is 6.38. The average molecular weight is 326 g/mol. The van der Waals surface area contributed by atoms with E-state index in [4.69, 9.17) is 5.11 Å². The van der Waals surface area contributed by atoms with Crippen LogP contribution in [0, 0.1) is 5.92 Å². The molecule has 0 aliphatic heterocycles. The first-order valence-corrected chi connectivity index (χ1v) is 9.04. The number of carbonyl (C=O) groups is 2. The molecular formula is C19H34O4. The van der Waals surface area contributed by atoms with Crippen LogP contribution in [0.25, 0.3) is 0 Å². The van der Waals surface area contributed by atoms with Crippen LogP contribution >= 0.6 is 0 Å². The van der Waals surface area contributed by atoms with Crippen LogP contribution in [-0.2, 0) is 9.59 Å². The molecule has 0 aliphatic carbocycles. The molecule has 0 rings (SSSR count). The highest BCUT2D eigenvalue weighted by atomic mass is 16.4. The third-order valence-electron chi connectivity index (χ3n) is 4.15. The molecule has 0 amide bonds. The Balaban J connectivity index is 3.89. The quantitative estimate of drug-likeness (QED) is 0.343. The molecule has 2 unspecified atom stereocenters. The minimum absolute atomic E-state index is 0.0218. The zero-order chi connectivity index (χ0) is 17.5. The van der Waals surface area contributed by atoms with Crippen molar-refractivity contribution in [1.29, 1.82) is 0 Å². The predicted octanol–water partition coefficient (Wildman–Crippen LogP) is 4.50. The minimum atomic E-state index is -0.741. The molecular weight excluding hydrogens is 292 g/mol. The van der Waals surface area contributed by atoms with Crippen molar-refractivity contribution in [3.05, 3.63) is 12.2 Å². The molecule has 0 aliphatic rings. The summed E-state index contributed by atoms with van der Waals surface area (Å²) in [6.07, 6.45) is 12.8. The van der Waals surface area contributed by atoms with Crippen molar-refractivity contribution in [1.82, 2.24) is 0 Å². The molecule has 134 valence electrons. The smallest absolute Gasteiger partial charge is 0.303 e. The number of carboxylic acid groups (broad SMARTS) is 1. The van der Waals surface area contributed by atoms with Crippen molar-refractivity contribution in [3.63, 3.8) is 0 Å². The van der Waals surface area contributed by atoms with E-state index in [2.05, 4.69) is 6.92 Å². The first kappa shape index (κ1) is 21.8. The summed E-state index contributed by atoms with van der Waals surface area (Å²) < 4.78 is 0. The van der Waals surface area contributed by atoms with Gasteiger partial charge in [-0.25, -0.2) is 0 Å². The summed E-state index contributed by atoms with van der Waals surface area (Å²) in [5.41, 5.74) is 0. The summed E-state index contributed by atoms with van der Waals surface area (Å²) >= 11 is 0. The molecule has 2 atom stereocenters. The van der Waals surface area contributed by atoms with Crippen LogP contribution in [0.5, 0.6) is 0 Å². The van der Waals surface area contributed by atoms with Crippen LogP contribution in [0.1, 0.15) is 84.5 Å². The van der Waals surface area contributed by atoms with Gasteiger partial charge in [0.15, 0.2) is 0 Å². The van der Waals surface area contributed by atoms with E-state index in [0.717, 1.165) is 51.4 Å². The number of carboxylic acids is 1. The molecule has 0 aromatic rings. The average Bonchev–Trinajstić information content (AvgIpc) is 2.48. The summed E-state index contributed by atoms with van der Waals surface area (Å²) in [5, 5.41) is 18.4. The molecule has 4 nitrogen and oxygen atoms in total. The SMILES string of the molecule is CCCCCC(O)C=CCC(CCCCCCC(=O)O)C(C)=O. The number of carbonyl (C=O) groups excluding carboxylic acids is 1. The van der Waals surface area contributed by atoms with E-state index in [0.29, 0.717) is 12.8 Å². The van der Waals surface area contributed by atoms with Gasteiger partial charge in [0.1, 0.15) is 5.78 Å². The molecule has 0 fully saturated rings. The fourth-order valence-electron chi connectivity index (χ4n) is 2.61. The fourth-order valence-corrected chi connectivity index (χ4v) is 2.61. The largest absolute Gasteiger partial charge is 0.481 e. The van der Waals surface area contributed by atoms with Crippen LogP contribution in [0.3, 0.4) is 0 Å². The maximum Gasteiger partial charge on any atom is 0.303 e. The van der Waals surface area contributed by atoms with Gasteiger partial charge in [0.25, 0.3) is 0 Å². The Hall–Kier alpha value is -1.16. The molecule has 0 radical (unpaired) electrons. The zero-order valence-corrected chi connectivity index (χ0v) is 14.8. The first-order valence-electron chi connectivity index (χ1n) is 9.04. The second-order valence-electron chi connectivity index (χ2n) is 6.38. The van der Waals surface area contributed by atoms with Gasteiger partial charge in [0, 0.05) is 12.3 Å². The molecule has 0 bridgehead atoms. The van der Waals surface area contributed by atoms with Gasteiger partial charge in [0.2, 0.25) is 0 Å². The summed E-state index contributed by atoms with van der Waals surface area (Å²) in [4.78, 5) is 22.1. The van der Waals surface area contributed by atoms with Gasteiger partial charge in [-0.3, -0.25) is 9.59 Å². The monoisotopic (exact) mass is 326 g/mol. The van der Waals surface area contributed by atoms with Crippen molar-refractivity contribution < 1.29 is 19.8 Å². The third kappa shape index (κ3) is 14.2. The number of allylic oxidation sites excluding steroid dienone is 1. The van der Waals surface area contributed by atoms with E-state index >= 15 is 0 Å². The van der Waals surface area contributed by atoms with Gasteiger partial charge >= 0.3 is 5.97 Å². The van der Waals surface area contributed by atoms with E-state index in [1.165, 1.54) is 0 Å². The Bertz CT molecular complexity index is 349. The van der Waals surface area contributed by atoms with Crippen molar-refractivity contribution in [2.75, 3.05) is 0 Å². The second kappa shape index (κ2) is 14.4. The minimum Gasteiger partial charge on any atom is -0.481 e. The molecule has 0 aromatic heterocycles. The van der Waals surface area contributed by atoms with Crippen molar-refractivity contribution in [2.24, 2.45) is 5.92 Å². The molecule has 0 aromatic carbocycles. The zero-order valence-electron chi connectivity index (χ0n) is 14.8. The molecule has 0 saturated heterocycles. The van der Waals surface area contributed by atoms with E-state index in [9.17, 15) is 14.7 Å². The highest BCUT2D eigenvalue weighted by Gasteiger charge is 2.12. The fraction of sp³-hybridized carbons (Fsp3) is 0.789. The number of ketones is 1. The van der Waals surface area contributed by atoms with Crippen LogP contribution < -0.4 is 0 Å². The number of hydrogen-bond acceptors (Lipinski definition) is 3. The standard InChI is InChI=1S/C19H34O4/c1-3-4-7-13-18(21)14-10-12-17(16(2)20)11-8-5-6-9-15-19(22)23/h10,14,17-18,21H,3-9,11-13,15H2,1-2H3,(H,22,23). The first-order chi connectivity index (χ1) is 11.0. The predicted molar refractivity (Wildman–Crippen MR) is 93.4 cm³/mol. The van der Waals surface area contributed by atoms with E-state index in [1.54, 1.807) is 6.92 Å². The Morgan fingerprint density at radius 1 is 1.00 bits per heavy atom. The molecule has 23 heavy (non-hydrogen) atoms. The summed E-state index contributed by atoms with van der Waals surface area (Å²) in [6.45, 7) is 3.77. The molecule has 0 saturated carbocycles. The Labute approximate surface area is 141 Å². The number of rotatable bonds is 15. The molecule has 2 N–H and O–H groups in total. The van der Waals surface area contributed by atoms with Crippen molar-refractivity contribution in [2.45, 2.75) is 90.6 Å².